The summed E-state index contributed by atoms with van der Waals surface area (Å²) in [5.41, 5.74) is 9.69. The van der Waals surface area contributed by atoms with E-state index in [1.54, 1.807) is 14.2 Å². The number of rotatable bonds is 10. The van der Waals surface area contributed by atoms with Crippen LogP contribution in [-0.2, 0) is 0 Å². The number of piperidine rings is 1. The number of nitrogens with zero attached hydrogens (tertiary/aromatic N) is 4. The predicted octanol–water partition coefficient (Wildman–Crippen LogP) is 3.96. The SMILES string of the molecule is COc1cc(OC)cc(N(CCNC(C)C)c2ccc3ncc(N4CCC(CN)CC4)nc3c2)c1. The lowest BCUT2D eigenvalue weighted by Gasteiger charge is -2.32. The monoisotopic (exact) mass is 478 g/mol. The molecule has 1 aromatic heterocycles. The maximum absolute atomic E-state index is 5.87. The Labute approximate surface area is 208 Å². The summed E-state index contributed by atoms with van der Waals surface area (Å²) in [5.74, 6) is 3.05. The van der Waals surface area contributed by atoms with Gasteiger partial charge in [-0.25, -0.2) is 4.98 Å². The minimum absolute atomic E-state index is 0.408. The van der Waals surface area contributed by atoms with Crippen LogP contribution in [0.5, 0.6) is 11.5 Å². The lowest BCUT2D eigenvalue weighted by Crippen LogP contribution is -2.36. The Bertz CT molecular complexity index is 1090. The second kappa shape index (κ2) is 11.6. The molecule has 0 atom stereocenters. The molecule has 1 aliphatic rings. The highest BCUT2D eigenvalue weighted by Gasteiger charge is 2.20. The van der Waals surface area contributed by atoms with Crippen LogP contribution in [0.15, 0.2) is 42.6 Å². The van der Waals surface area contributed by atoms with Gasteiger partial charge in [0.05, 0.1) is 31.4 Å². The Kier molecular flexibility index (Phi) is 8.25. The zero-order valence-electron chi connectivity index (χ0n) is 21.3. The van der Waals surface area contributed by atoms with Crippen LogP contribution in [0, 0.1) is 5.92 Å². The van der Waals surface area contributed by atoms with Crippen LogP contribution in [-0.4, -0.2) is 63.0 Å². The highest BCUT2D eigenvalue weighted by Crippen LogP contribution is 2.34. The van der Waals surface area contributed by atoms with Gasteiger partial charge in [-0.1, -0.05) is 13.8 Å². The minimum atomic E-state index is 0.408. The molecule has 8 heteroatoms. The van der Waals surface area contributed by atoms with Crippen LogP contribution >= 0.6 is 0 Å². The number of methoxy groups -OCH3 is 2. The van der Waals surface area contributed by atoms with Crippen molar-refractivity contribution in [2.75, 3.05) is 56.7 Å². The van der Waals surface area contributed by atoms with Gasteiger partial charge in [-0.15, -0.1) is 0 Å². The molecule has 2 aromatic carbocycles. The minimum Gasteiger partial charge on any atom is -0.497 e. The Balaban J connectivity index is 1.67. The molecule has 1 saturated heterocycles. The van der Waals surface area contributed by atoms with Gasteiger partial charge in [0.15, 0.2) is 0 Å². The van der Waals surface area contributed by atoms with E-state index in [1.165, 1.54) is 0 Å². The van der Waals surface area contributed by atoms with E-state index in [0.717, 1.165) is 85.3 Å². The molecule has 0 aliphatic carbocycles. The van der Waals surface area contributed by atoms with Gasteiger partial charge in [0.25, 0.3) is 0 Å². The van der Waals surface area contributed by atoms with Crippen LogP contribution in [0.3, 0.4) is 0 Å². The highest BCUT2D eigenvalue weighted by molar-refractivity contribution is 5.82. The lowest BCUT2D eigenvalue weighted by atomic mass is 9.97. The Morgan fingerprint density at radius 1 is 1.03 bits per heavy atom. The number of nitrogens with two attached hydrogens (primary N) is 1. The lowest BCUT2D eigenvalue weighted by molar-refractivity contribution is 0.394. The largest absolute Gasteiger partial charge is 0.497 e. The second-order valence-electron chi connectivity index (χ2n) is 9.40. The summed E-state index contributed by atoms with van der Waals surface area (Å²) in [6.07, 6.45) is 4.09. The van der Waals surface area contributed by atoms with E-state index in [-0.39, 0.29) is 0 Å². The number of hydrogen-bond donors (Lipinski definition) is 2. The third-order valence-electron chi connectivity index (χ3n) is 6.63. The molecule has 2 heterocycles. The summed E-state index contributed by atoms with van der Waals surface area (Å²) < 4.78 is 11.1. The zero-order valence-corrected chi connectivity index (χ0v) is 21.3. The first kappa shape index (κ1) is 25.0. The number of hydrogen-bond acceptors (Lipinski definition) is 8. The highest BCUT2D eigenvalue weighted by atomic mass is 16.5. The average Bonchev–Trinajstić information content (AvgIpc) is 2.90. The molecule has 0 spiro atoms. The number of nitrogens with one attached hydrogen (secondary N) is 1. The van der Waals surface area contributed by atoms with Crippen molar-refractivity contribution in [1.82, 2.24) is 15.3 Å². The van der Waals surface area contributed by atoms with Crippen molar-refractivity contribution in [3.63, 3.8) is 0 Å². The molecular weight excluding hydrogens is 440 g/mol. The standard InChI is InChI=1S/C27H38N6O2/c1-19(2)29-9-12-33(22-13-23(34-3)16-24(14-22)35-4)21-5-6-25-26(15-21)31-27(18-30-25)32-10-7-20(17-28)8-11-32/h5-6,13-16,18-20,29H,7-12,17,28H2,1-4H3. The van der Waals surface area contributed by atoms with Crippen molar-refractivity contribution < 1.29 is 9.47 Å². The van der Waals surface area contributed by atoms with Crippen molar-refractivity contribution >= 4 is 28.2 Å². The quantitative estimate of drug-likeness (QED) is 0.453. The molecule has 3 aromatic rings. The normalized spacial score (nSPS) is 14.5. The third-order valence-corrected chi connectivity index (χ3v) is 6.63. The smallest absolute Gasteiger partial charge is 0.147 e. The fourth-order valence-electron chi connectivity index (χ4n) is 4.53. The van der Waals surface area contributed by atoms with Crippen molar-refractivity contribution in [2.24, 2.45) is 11.7 Å². The summed E-state index contributed by atoms with van der Waals surface area (Å²) >= 11 is 0. The first-order valence-electron chi connectivity index (χ1n) is 12.5. The van der Waals surface area contributed by atoms with Crippen LogP contribution in [0.25, 0.3) is 11.0 Å². The third kappa shape index (κ3) is 6.13. The molecule has 35 heavy (non-hydrogen) atoms. The Morgan fingerprint density at radius 3 is 2.37 bits per heavy atom. The molecular formula is C27H38N6O2. The van der Waals surface area contributed by atoms with Gasteiger partial charge in [0.1, 0.15) is 17.3 Å². The van der Waals surface area contributed by atoms with Gasteiger partial charge in [-0.05, 0) is 43.5 Å². The van der Waals surface area contributed by atoms with Gasteiger partial charge in [0.2, 0.25) is 0 Å². The molecule has 0 saturated carbocycles. The molecule has 4 rings (SSSR count). The maximum Gasteiger partial charge on any atom is 0.147 e. The molecule has 0 unspecified atom stereocenters. The first-order valence-corrected chi connectivity index (χ1v) is 12.5. The van der Waals surface area contributed by atoms with Gasteiger partial charge in [-0.3, -0.25) is 4.98 Å². The molecule has 188 valence electrons. The molecule has 1 aliphatic heterocycles. The Morgan fingerprint density at radius 2 is 1.74 bits per heavy atom. The zero-order chi connectivity index (χ0) is 24.8. The first-order chi connectivity index (χ1) is 17.0. The fourth-order valence-corrected chi connectivity index (χ4v) is 4.53. The summed E-state index contributed by atoms with van der Waals surface area (Å²) in [6.45, 7) is 8.62. The van der Waals surface area contributed by atoms with Crippen molar-refractivity contribution in [2.45, 2.75) is 32.7 Å². The van der Waals surface area contributed by atoms with Crippen molar-refractivity contribution in [3.05, 3.63) is 42.6 Å². The van der Waals surface area contributed by atoms with E-state index in [1.807, 2.05) is 30.5 Å². The molecule has 1 fully saturated rings. The maximum atomic E-state index is 5.87. The van der Waals surface area contributed by atoms with Gasteiger partial charge < -0.3 is 30.3 Å². The van der Waals surface area contributed by atoms with E-state index >= 15 is 0 Å². The van der Waals surface area contributed by atoms with Crippen LogP contribution in [0.1, 0.15) is 26.7 Å². The topological polar surface area (TPSA) is 88.8 Å². The van der Waals surface area contributed by atoms with Crippen LogP contribution < -0.4 is 30.3 Å². The fraction of sp³-hybridized carbons (Fsp3) is 0.481. The summed E-state index contributed by atoms with van der Waals surface area (Å²) in [4.78, 5) is 14.3. The molecule has 3 N–H and O–H groups in total. The van der Waals surface area contributed by atoms with E-state index in [2.05, 4.69) is 41.1 Å². The summed E-state index contributed by atoms with van der Waals surface area (Å²) in [6, 6.07) is 12.6. The average molecular weight is 479 g/mol. The Hall–Kier alpha value is -3.10. The van der Waals surface area contributed by atoms with Crippen molar-refractivity contribution in [3.8, 4) is 11.5 Å². The van der Waals surface area contributed by atoms with E-state index in [0.29, 0.717) is 12.0 Å². The summed E-state index contributed by atoms with van der Waals surface area (Å²) in [7, 11) is 3.35. The molecule has 0 amide bonds. The molecule has 8 nitrogen and oxygen atoms in total. The van der Waals surface area contributed by atoms with E-state index < -0.39 is 0 Å². The molecule has 0 bridgehead atoms. The van der Waals surface area contributed by atoms with E-state index in [4.69, 9.17) is 25.2 Å². The predicted molar refractivity (Wildman–Crippen MR) is 143 cm³/mol. The van der Waals surface area contributed by atoms with Crippen molar-refractivity contribution in [1.29, 1.82) is 0 Å². The number of anilines is 3. The number of fused-ring (bicyclic) bond motifs is 1. The number of aromatic nitrogens is 2. The van der Waals surface area contributed by atoms with Gasteiger partial charge >= 0.3 is 0 Å². The second-order valence-corrected chi connectivity index (χ2v) is 9.40. The summed E-state index contributed by atoms with van der Waals surface area (Å²) in [5, 5.41) is 3.52. The number of ether oxygens (including phenoxy) is 2. The van der Waals surface area contributed by atoms with E-state index in [9.17, 15) is 0 Å². The van der Waals surface area contributed by atoms with Gasteiger partial charge in [-0.2, -0.15) is 0 Å². The number of benzene rings is 2. The van der Waals surface area contributed by atoms with Gasteiger partial charge in [0, 0.05) is 61.8 Å². The van der Waals surface area contributed by atoms with Crippen LogP contribution in [0.4, 0.5) is 17.2 Å². The van der Waals surface area contributed by atoms with Crippen LogP contribution in [0.2, 0.25) is 0 Å². The molecule has 0 radical (unpaired) electrons.